The van der Waals surface area contributed by atoms with Crippen LogP contribution in [0.2, 0.25) is 0 Å². The van der Waals surface area contributed by atoms with Gasteiger partial charge >= 0.3 is 0 Å². The molecule has 2 aromatic rings. The fraction of sp³-hybridized carbons (Fsp3) is 0.333. The Hall–Kier alpha value is -1.95. The lowest BCUT2D eigenvalue weighted by Gasteiger charge is -2.09. The summed E-state index contributed by atoms with van der Waals surface area (Å²) in [6.07, 6.45) is 0.707. The van der Waals surface area contributed by atoms with Crippen LogP contribution in [-0.2, 0) is 13.7 Å². The zero-order chi connectivity index (χ0) is 13.1. The van der Waals surface area contributed by atoms with Crippen LogP contribution in [0.15, 0.2) is 24.5 Å². The van der Waals surface area contributed by atoms with Crippen LogP contribution < -0.4 is 4.74 Å². The number of rotatable bonds is 4. The number of ether oxygens (including phenoxy) is 1. The molecule has 0 amide bonds. The molecule has 5 nitrogen and oxygen atoms in total. The van der Waals surface area contributed by atoms with Crippen molar-refractivity contribution in [1.82, 2.24) is 14.8 Å². The van der Waals surface area contributed by atoms with Crippen molar-refractivity contribution in [2.45, 2.75) is 19.6 Å². The van der Waals surface area contributed by atoms with Gasteiger partial charge in [-0.05, 0) is 24.6 Å². The molecule has 2 rings (SSSR count). The Morgan fingerprint density at radius 2 is 2.28 bits per heavy atom. The highest BCUT2D eigenvalue weighted by Crippen LogP contribution is 2.22. The second-order valence-corrected chi connectivity index (χ2v) is 3.95. The van der Waals surface area contributed by atoms with Crippen LogP contribution >= 0.6 is 0 Å². The molecule has 0 spiro atoms. The van der Waals surface area contributed by atoms with E-state index in [1.54, 1.807) is 24.7 Å². The molecule has 0 aliphatic rings. The zero-order valence-corrected chi connectivity index (χ0v) is 10.2. The Morgan fingerprint density at radius 3 is 2.83 bits per heavy atom. The lowest BCUT2D eigenvalue weighted by molar-refractivity contribution is 0.198. The van der Waals surface area contributed by atoms with E-state index in [-0.39, 0.29) is 12.4 Å². The average Bonchev–Trinajstić information content (AvgIpc) is 2.73. The number of hydrogen-bond donors (Lipinski definition) is 1. The van der Waals surface area contributed by atoms with E-state index in [4.69, 9.17) is 4.74 Å². The lowest BCUT2D eigenvalue weighted by atomic mass is 10.1. The minimum absolute atomic E-state index is 0.127. The SMILES string of the molecule is CC(O)c1ccc(OCc2ncnn2C)c(F)c1. The van der Waals surface area contributed by atoms with Crippen molar-refractivity contribution in [3.8, 4) is 5.75 Å². The molecular weight excluding hydrogens is 237 g/mol. The number of aliphatic hydroxyl groups excluding tert-OH is 1. The molecule has 6 heteroatoms. The first kappa shape index (κ1) is 12.5. The number of benzene rings is 1. The van der Waals surface area contributed by atoms with Gasteiger partial charge < -0.3 is 9.84 Å². The van der Waals surface area contributed by atoms with E-state index in [1.807, 2.05) is 0 Å². The van der Waals surface area contributed by atoms with Crippen LogP contribution in [0.4, 0.5) is 4.39 Å². The van der Waals surface area contributed by atoms with Gasteiger partial charge in [-0.2, -0.15) is 5.10 Å². The molecule has 1 unspecified atom stereocenters. The predicted molar refractivity (Wildman–Crippen MR) is 62.4 cm³/mol. The minimum Gasteiger partial charge on any atom is -0.483 e. The number of aryl methyl sites for hydroxylation is 1. The van der Waals surface area contributed by atoms with Gasteiger partial charge in [0.05, 0.1) is 6.10 Å². The van der Waals surface area contributed by atoms with Crippen molar-refractivity contribution in [2.24, 2.45) is 7.05 Å². The topological polar surface area (TPSA) is 60.2 Å². The largest absolute Gasteiger partial charge is 0.483 e. The molecule has 1 aromatic carbocycles. The zero-order valence-electron chi connectivity index (χ0n) is 10.2. The van der Waals surface area contributed by atoms with Gasteiger partial charge in [0.2, 0.25) is 0 Å². The predicted octanol–water partition coefficient (Wildman–Crippen LogP) is 1.59. The fourth-order valence-electron chi connectivity index (χ4n) is 1.49. The molecule has 0 saturated heterocycles. The molecule has 0 bridgehead atoms. The standard InChI is InChI=1S/C12H14FN3O2/c1-8(17)9-3-4-11(10(13)5-9)18-6-12-14-7-15-16(12)2/h3-5,7-8,17H,6H2,1-2H3. The number of aliphatic hydroxyl groups is 1. The summed E-state index contributed by atoms with van der Waals surface area (Å²) in [4.78, 5) is 3.97. The molecule has 0 aliphatic carbocycles. The van der Waals surface area contributed by atoms with Gasteiger partial charge in [0.15, 0.2) is 17.4 Å². The van der Waals surface area contributed by atoms with Crippen molar-refractivity contribution in [3.63, 3.8) is 0 Å². The molecule has 96 valence electrons. The maximum absolute atomic E-state index is 13.7. The van der Waals surface area contributed by atoms with E-state index in [0.29, 0.717) is 11.4 Å². The van der Waals surface area contributed by atoms with Gasteiger partial charge in [-0.3, -0.25) is 4.68 Å². The molecule has 1 aromatic heterocycles. The number of halogens is 1. The molecular formula is C12H14FN3O2. The molecule has 18 heavy (non-hydrogen) atoms. The van der Waals surface area contributed by atoms with E-state index in [9.17, 15) is 9.50 Å². The van der Waals surface area contributed by atoms with E-state index in [2.05, 4.69) is 10.1 Å². The highest BCUT2D eigenvalue weighted by molar-refractivity contribution is 5.30. The molecule has 0 saturated carbocycles. The first-order valence-electron chi connectivity index (χ1n) is 5.51. The van der Waals surface area contributed by atoms with Gasteiger partial charge in [-0.15, -0.1) is 0 Å². The van der Waals surface area contributed by atoms with Crippen LogP contribution in [-0.4, -0.2) is 19.9 Å². The maximum Gasteiger partial charge on any atom is 0.165 e. The number of nitrogens with zero attached hydrogens (tertiary/aromatic N) is 3. The summed E-state index contributed by atoms with van der Waals surface area (Å²) in [5, 5.41) is 13.2. The van der Waals surface area contributed by atoms with Gasteiger partial charge in [0.1, 0.15) is 12.9 Å². The Morgan fingerprint density at radius 1 is 1.50 bits per heavy atom. The molecule has 1 atom stereocenters. The van der Waals surface area contributed by atoms with Crippen molar-refractivity contribution in [3.05, 3.63) is 41.7 Å². The summed E-state index contributed by atoms with van der Waals surface area (Å²) in [5.74, 6) is 0.229. The van der Waals surface area contributed by atoms with Crippen molar-refractivity contribution in [1.29, 1.82) is 0 Å². The highest BCUT2D eigenvalue weighted by atomic mass is 19.1. The van der Waals surface area contributed by atoms with Gasteiger partial charge in [-0.1, -0.05) is 6.07 Å². The fourth-order valence-corrected chi connectivity index (χ4v) is 1.49. The van der Waals surface area contributed by atoms with E-state index in [1.165, 1.54) is 18.5 Å². The second kappa shape index (κ2) is 5.14. The Labute approximate surface area is 104 Å². The maximum atomic E-state index is 13.7. The lowest BCUT2D eigenvalue weighted by Crippen LogP contribution is -2.05. The van der Waals surface area contributed by atoms with E-state index >= 15 is 0 Å². The van der Waals surface area contributed by atoms with Crippen molar-refractivity contribution < 1.29 is 14.2 Å². The van der Waals surface area contributed by atoms with Crippen molar-refractivity contribution >= 4 is 0 Å². The number of hydrogen-bond acceptors (Lipinski definition) is 4. The smallest absolute Gasteiger partial charge is 0.165 e. The summed E-state index contributed by atoms with van der Waals surface area (Å²) in [6, 6.07) is 4.38. The average molecular weight is 251 g/mol. The molecule has 0 radical (unpaired) electrons. The third-order valence-corrected chi connectivity index (χ3v) is 2.60. The van der Waals surface area contributed by atoms with Crippen LogP contribution in [0.1, 0.15) is 24.4 Å². The Bertz CT molecular complexity index is 540. The molecule has 0 fully saturated rings. The third kappa shape index (κ3) is 2.65. The van der Waals surface area contributed by atoms with Gasteiger partial charge in [0.25, 0.3) is 0 Å². The summed E-state index contributed by atoms with van der Waals surface area (Å²) < 4.78 is 20.5. The van der Waals surface area contributed by atoms with E-state index < -0.39 is 11.9 Å². The van der Waals surface area contributed by atoms with Crippen molar-refractivity contribution in [2.75, 3.05) is 0 Å². The highest BCUT2D eigenvalue weighted by Gasteiger charge is 2.09. The molecule has 0 aliphatic heterocycles. The quantitative estimate of drug-likeness (QED) is 0.896. The van der Waals surface area contributed by atoms with Crippen LogP contribution in [0.25, 0.3) is 0 Å². The first-order chi connectivity index (χ1) is 8.58. The molecule has 1 N–H and O–H groups in total. The van der Waals surface area contributed by atoms with Gasteiger partial charge in [0, 0.05) is 7.05 Å². The van der Waals surface area contributed by atoms with Crippen LogP contribution in [0.3, 0.4) is 0 Å². The van der Waals surface area contributed by atoms with E-state index in [0.717, 1.165) is 0 Å². The summed E-state index contributed by atoms with van der Waals surface area (Å²) in [6.45, 7) is 1.72. The summed E-state index contributed by atoms with van der Waals surface area (Å²) in [5.41, 5.74) is 0.513. The second-order valence-electron chi connectivity index (χ2n) is 3.95. The Kier molecular flexibility index (Phi) is 3.57. The first-order valence-corrected chi connectivity index (χ1v) is 5.51. The normalized spacial score (nSPS) is 12.4. The van der Waals surface area contributed by atoms with Crippen LogP contribution in [0.5, 0.6) is 5.75 Å². The third-order valence-electron chi connectivity index (χ3n) is 2.60. The molecule has 1 heterocycles. The van der Waals surface area contributed by atoms with Gasteiger partial charge in [-0.25, -0.2) is 9.37 Å². The monoisotopic (exact) mass is 251 g/mol. The summed E-state index contributed by atoms with van der Waals surface area (Å²) in [7, 11) is 1.73. The summed E-state index contributed by atoms with van der Waals surface area (Å²) >= 11 is 0. The Balaban J connectivity index is 2.08. The van der Waals surface area contributed by atoms with Crippen LogP contribution in [0, 0.1) is 5.82 Å². The minimum atomic E-state index is -0.702. The number of aromatic nitrogens is 3.